The van der Waals surface area contributed by atoms with Crippen molar-refractivity contribution >= 4 is 38.7 Å². The smallest absolute Gasteiger partial charge is 0.404 e. The van der Waals surface area contributed by atoms with E-state index in [0.29, 0.717) is 16.7 Å². The molecule has 202 valence electrons. The first kappa shape index (κ1) is 27.5. The number of fused-ring (bicyclic) bond motifs is 1. The Bertz CT molecular complexity index is 1520. The van der Waals surface area contributed by atoms with Gasteiger partial charge in [-0.1, -0.05) is 48.5 Å². The van der Waals surface area contributed by atoms with E-state index in [4.69, 9.17) is 9.52 Å². The molecule has 0 aliphatic carbocycles. The van der Waals surface area contributed by atoms with E-state index in [-0.39, 0.29) is 24.6 Å². The molecule has 0 spiro atoms. The van der Waals surface area contributed by atoms with Gasteiger partial charge in [-0.3, -0.25) is 14.6 Å². The number of amides is 2. The normalized spacial score (nSPS) is 12.9. The van der Waals surface area contributed by atoms with Gasteiger partial charge < -0.3 is 20.2 Å². The molecule has 2 aromatic heterocycles. The fourth-order valence-electron chi connectivity index (χ4n) is 4.07. The van der Waals surface area contributed by atoms with Gasteiger partial charge in [-0.2, -0.15) is 0 Å². The molecule has 0 radical (unpaired) electrons. The maximum Gasteiger partial charge on any atom is 0.404 e. The van der Waals surface area contributed by atoms with E-state index in [1.54, 1.807) is 66.7 Å². The Kier molecular flexibility index (Phi) is 8.67. The molecule has 2 amide bonds. The topological polar surface area (TPSA) is 169 Å². The number of ketones is 1. The molecule has 11 nitrogen and oxygen atoms in total. The number of para-hydroxylation sites is 2. The van der Waals surface area contributed by atoms with Crippen molar-refractivity contribution in [2.45, 2.75) is 23.3 Å². The third-order valence-electron chi connectivity index (χ3n) is 6.00. The van der Waals surface area contributed by atoms with Crippen molar-refractivity contribution in [2.24, 2.45) is 0 Å². The Labute approximate surface area is 224 Å². The Morgan fingerprint density at radius 2 is 1.64 bits per heavy atom. The van der Waals surface area contributed by atoms with E-state index in [2.05, 4.69) is 15.3 Å². The van der Waals surface area contributed by atoms with Crippen molar-refractivity contribution in [3.05, 3.63) is 96.1 Å². The van der Waals surface area contributed by atoms with E-state index in [1.165, 1.54) is 12.3 Å². The predicted octanol–water partition coefficient (Wildman–Crippen LogP) is 2.95. The number of carboxylic acid groups (broad SMARTS) is 1. The van der Waals surface area contributed by atoms with Gasteiger partial charge in [-0.25, -0.2) is 18.2 Å². The van der Waals surface area contributed by atoms with Crippen LogP contribution in [0, 0.1) is 0 Å². The van der Waals surface area contributed by atoms with Gasteiger partial charge in [0, 0.05) is 19.3 Å². The standard InChI is InChI=1S/C27H26N4O7S/c32-24(26-31-21-11-4-5-12-22(21)38-26)20(18-8-2-1-3-9-18)13-15-29-25(33)23(16-30-27(34)35)39(36,37)17-19-10-6-7-14-28-19/h1-12,14,20,23,30H,13,15-17H2,(H,29,33)(H,34,35). The van der Waals surface area contributed by atoms with E-state index in [0.717, 1.165) is 0 Å². The lowest BCUT2D eigenvalue weighted by Gasteiger charge is -2.19. The fourth-order valence-corrected chi connectivity index (χ4v) is 5.60. The summed E-state index contributed by atoms with van der Waals surface area (Å²) in [5.41, 5.74) is 1.89. The molecule has 2 aromatic carbocycles. The van der Waals surface area contributed by atoms with Crippen molar-refractivity contribution in [1.29, 1.82) is 0 Å². The van der Waals surface area contributed by atoms with Gasteiger partial charge in [0.2, 0.25) is 11.7 Å². The molecule has 12 heteroatoms. The van der Waals surface area contributed by atoms with Crippen LogP contribution in [0.1, 0.15) is 34.3 Å². The number of oxazole rings is 1. The molecule has 0 aliphatic heterocycles. The molecule has 4 rings (SSSR count). The lowest BCUT2D eigenvalue weighted by atomic mass is 9.91. The van der Waals surface area contributed by atoms with Gasteiger partial charge >= 0.3 is 6.09 Å². The Morgan fingerprint density at radius 1 is 0.923 bits per heavy atom. The number of rotatable bonds is 12. The van der Waals surface area contributed by atoms with Gasteiger partial charge in [-0.05, 0) is 36.2 Å². The molecule has 0 saturated carbocycles. The molecule has 0 aliphatic rings. The van der Waals surface area contributed by atoms with Gasteiger partial charge in [0.1, 0.15) is 5.52 Å². The number of hydrogen-bond donors (Lipinski definition) is 3. The molecule has 0 bridgehead atoms. The zero-order valence-electron chi connectivity index (χ0n) is 20.7. The summed E-state index contributed by atoms with van der Waals surface area (Å²) in [6.07, 6.45) is 0.0774. The first-order valence-corrected chi connectivity index (χ1v) is 13.8. The average molecular weight is 551 g/mol. The quantitative estimate of drug-likeness (QED) is 0.225. The van der Waals surface area contributed by atoms with Crippen LogP contribution < -0.4 is 10.6 Å². The van der Waals surface area contributed by atoms with Crippen molar-refractivity contribution in [2.75, 3.05) is 13.1 Å². The van der Waals surface area contributed by atoms with Gasteiger partial charge in [0.25, 0.3) is 5.89 Å². The first-order valence-electron chi connectivity index (χ1n) is 12.1. The van der Waals surface area contributed by atoms with Crippen LogP contribution in [0.15, 0.2) is 83.4 Å². The molecule has 2 atom stereocenters. The Balaban J connectivity index is 1.50. The second kappa shape index (κ2) is 12.3. The number of Topliss-reactive ketones (excluding diaryl/α,β-unsaturated/α-hetero) is 1. The largest absolute Gasteiger partial charge is 0.465 e. The van der Waals surface area contributed by atoms with Crippen LogP contribution >= 0.6 is 0 Å². The minimum atomic E-state index is -4.14. The molecule has 3 N–H and O–H groups in total. The van der Waals surface area contributed by atoms with Gasteiger partial charge in [0.15, 0.2) is 20.7 Å². The summed E-state index contributed by atoms with van der Waals surface area (Å²) in [5.74, 6) is -2.63. The highest BCUT2D eigenvalue weighted by atomic mass is 32.2. The molecular formula is C27H26N4O7S. The summed E-state index contributed by atoms with van der Waals surface area (Å²) in [7, 11) is -4.14. The molecular weight excluding hydrogens is 524 g/mol. The number of carbonyl (C=O) groups excluding carboxylic acids is 2. The highest BCUT2D eigenvalue weighted by Crippen LogP contribution is 2.26. The second-order valence-corrected chi connectivity index (χ2v) is 10.9. The van der Waals surface area contributed by atoms with Crippen LogP contribution in [0.25, 0.3) is 11.1 Å². The lowest BCUT2D eigenvalue weighted by molar-refractivity contribution is -0.120. The Morgan fingerprint density at radius 3 is 2.33 bits per heavy atom. The minimum Gasteiger partial charge on any atom is -0.465 e. The van der Waals surface area contributed by atoms with Crippen molar-refractivity contribution in [3.8, 4) is 0 Å². The lowest BCUT2D eigenvalue weighted by Crippen LogP contribution is -2.47. The summed E-state index contributed by atoms with van der Waals surface area (Å²) in [6, 6.07) is 20.6. The fraction of sp³-hybridized carbons (Fsp3) is 0.222. The zero-order chi connectivity index (χ0) is 27.8. The number of nitrogens with one attached hydrogen (secondary N) is 2. The molecule has 39 heavy (non-hydrogen) atoms. The van der Waals surface area contributed by atoms with Crippen molar-refractivity contribution in [1.82, 2.24) is 20.6 Å². The summed E-state index contributed by atoms with van der Waals surface area (Å²) in [5, 5.41) is 11.8. The van der Waals surface area contributed by atoms with E-state index < -0.39 is 51.1 Å². The van der Waals surface area contributed by atoms with E-state index in [9.17, 15) is 22.8 Å². The monoisotopic (exact) mass is 550 g/mol. The summed E-state index contributed by atoms with van der Waals surface area (Å²) >= 11 is 0. The third kappa shape index (κ3) is 7.05. The van der Waals surface area contributed by atoms with E-state index in [1.807, 2.05) is 5.32 Å². The van der Waals surface area contributed by atoms with Gasteiger partial charge in [-0.15, -0.1) is 0 Å². The van der Waals surface area contributed by atoms with Crippen LogP contribution in [0.5, 0.6) is 0 Å². The van der Waals surface area contributed by atoms with Crippen LogP contribution in [0.3, 0.4) is 0 Å². The van der Waals surface area contributed by atoms with Gasteiger partial charge in [0.05, 0.1) is 17.4 Å². The number of sulfone groups is 1. The summed E-state index contributed by atoms with van der Waals surface area (Å²) < 4.78 is 31.7. The maximum atomic E-state index is 13.4. The van der Waals surface area contributed by atoms with Crippen LogP contribution in [0.2, 0.25) is 0 Å². The molecule has 4 aromatic rings. The predicted molar refractivity (Wildman–Crippen MR) is 142 cm³/mol. The molecule has 2 unspecified atom stereocenters. The highest BCUT2D eigenvalue weighted by molar-refractivity contribution is 7.92. The van der Waals surface area contributed by atoms with E-state index >= 15 is 0 Å². The molecule has 0 fully saturated rings. The van der Waals surface area contributed by atoms with Crippen LogP contribution in [0.4, 0.5) is 4.79 Å². The number of aromatic nitrogens is 2. The zero-order valence-corrected chi connectivity index (χ0v) is 21.5. The molecule has 0 saturated heterocycles. The summed E-state index contributed by atoms with van der Waals surface area (Å²) in [6.45, 7) is -0.701. The number of nitrogens with zero attached hydrogens (tertiary/aromatic N) is 2. The maximum absolute atomic E-state index is 13.4. The number of hydrogen-bond acceptors (Lipinski definition) is 8. The number of pyridine rings is 1. The van der Waals surface area contributed by atoms with Crippen LogP contribution in [-0.2, 0) is 20.4 Å². The highest BCUT2D eigenvalue weighted by Gasteiger charge is 2.34. The second-order valence-electron chi connectivity index (χ2n) is 8.70. The number of carbonyl (C=O) groups is 3. The SMILES string of the molecule is O=C(O)NCC(C(=O)NCCC(C(=O)c1nc2ccccc2o1)c1ccccc1)S(=O)(=O)Cc1ccccn1. The average Bonchev–Trinajstić information content (AvgIpc) is 3.36. The van der Waals surface area contributed by atoms with Crippen molar-refractivity contribution in [3.63, 3.8) is 0 Å². The third-order valence-corrected chi connectivity index (χ3v) is 7.94. The Hall–Kier alpha value is -4.58. The van der Waals surface area contributed by atoms with Crippen molar-refractivity contribution < 1.29 is 32.3 Å². The van der Waals surface area contributed by atoms with Crippen LogP contribution in [-0.4, -0.2) is 59.6 Å². The molecule has 2 heterocycles. The number of benzene rings is 2. The first-order chi connectivity index (χ1) is 18.7. The minimum absolute atomic E-state index is 0.0625. The summed E-state index contributed by atoms with van der Waals surface area (Å²) in [4.78, 5) is 45.7.